The van der Waals surface area contributed by atoms with E-state index < -0.39 is 0 Å². The molecule has 0 saturated carbocycles. The van der Waals surface area contributed by atoms with Crippen molar-refractivity contribution >= 4 is 11.6 Å². The van der Waals surface area contributed by atoms with Gasteiger partial charge in [0, 0.05) is 19.1 Å². The van der Waals surface area contributed by atoms with Crippen LogP contribution in [0.15, 0.2) is 18.3 Å². The maximum Gasteiger partial charge on any atom is 0.226 e. The fourth-order valence-corrected chi connectivity index (χ4v) is 1.06. The molecule has 94 valence electrons. The SMILES string of the molecule is COCCOc1ccc(NC(=O)C(C)C)cn1. The van der Waals surface area contributed by atoms with Crippen LogP contribution in [0.25, 0.3) is 0 Å². The van der Waals surface area contributed by atoms with Crippen molar-refractivity contribution < 1.29 is 14.3 Å². The van der Waals surface area contributed by atoms with Gasteiger partial charge in [-0.05, 0) is 6.07 Å². The predicted molar refractivity (Wildman–Crippen MR) is 65.1 cm³/mol. The molecule has 0 aliphatic carbocycles. The van der Waals surface area contributed by atoms with Gasteiger partial charge in [-0.2, -0.15) is 0 Å². The molecule has 0 radical (unpaired) electrons. The van der Waals surface area contributed by atoms with Gasteiger partial charge in [0.15, 0.2) is 0 Å². The molecule has 0 aromatic carbocycles. The topological polar surface area (TPSA) is 60.5 Å². The zero-order valence-corrected chi connectivity index (χ0v) is 10.4. The van der Waals surface area contributed by atoms with Crippen LogP contribution in [0.2, 0.25) is 0 Å². The van der Waals surface area contributed by atoms with Gasteiger partial charge in [-0.1, -0.05) is 13.8 Å². The van der Waals surface area contributed by atoms with Gasteiger partial charge in [-0.15, -0.1) is 0 Å². The number of hydrogen-bond donors (Lipinski definition) is 1. The molecule has 5 nitrogen and oxygen atoms in total. The molecule has 0 fully saturated rings. The Hall–Kier alpha value is -1.62. The number of methoxy groups -OCH3 is 1. The van der Waals surface area contributed by atoms with Crippen LogP contribution in [-0.2, 0) is 9.53 Å². The number of nitrogens with zero attached hydrogens (tertiary/aromatic N) is 1. The average molecular weight is 238 g/mol. The van der Waals surface area contributed by atoms with Crippen molar-refractivity contribution in [3.8, 4) is 5.88 Å². The van der Waals surface area contributed by atoms with Crippen molar-refractivity contribution in [1.82, 2.24) is 4.98 Å². The van der Waals surface area contributed by atoms with Crippen molar-refractivity contribution in [2.45, 2.75) is 13.8 Å². The van der Waals surface area contributed by atoms with E-state index >= 15 is 0 Å². The maximum absolute atomic E-state index is 11.4. The van der Waals surface area contributed by atoms with Crippen LogP contribution in [0.1, 0.15) is 13.8 Å². The van der Waals surface area contributed by atoms with Gasteiger partial charge in [-0.25, -0.2) is 4.98 Å². The first kappa shape index (κ1) is 13.4. The largest absolute Gasteiger partial charge is 0.475 e. The highest BCUT2D eigenvalue weighted by molar-refractivity contribution is 5.91. The van der Waals surface area contributed by atoms with Gasteiger partial charge >= 0.3 is 0 Å². The molecule has 1 aromatic rings. The monoisotopic (exact) mass is 238 g/mol. The van der Waals surface area contributed by atoms with E-state index in [9.17, 15) is 4.79 Å². The molecule has 1 heterocycles. The van der Waals surface area contributed by atoms with Crippen molar-refractivity contribution in [3.63, 3.8) is 0 Å². The number of pyridine rings is 1. The van der Waals surface area contributed by atoms with E-state index in [0.717, 1.165) is 0 Å². The lowest BCUT2D eigenvalue weighted by Gasteiger charge is -2.08. The molecule has 0 aliphatic heterocycles. The second-order valence-electron chi connectivity index (χ2n) is 3.87. The summed E-state index contributed by atoms with van der Waals surface area (Å²) in [6, 6.07) is 3.47. The van der Waals surface area contributed by atoms with E-state index in [0.29, 0.717) is 24.8 Å². The van der Waals surface area contributed by atoms with Gasteiger partial charge in [0.25, 0.3) is 0 Å². The first-order chi connectivity index (χ1) is 8.13. The normalized spacial score (nSPS) is 10.4. The van der Waals surface area contributed by atoms with E-state index in [1.165, 1.54) is 0 Å². The highest BCUT2D eigenvalue weighted by atomic mass is 16.5. The Bertz CT molecular complexity index is 349. The minimum absolute atomic E-state index is 0.0279. The summed E-state index contributed by atoms with van der Waals surface area (Å²) in [6.45, 7) is 4.66. The van der Waals surface area contributed by atoms with Crippen LogP contribution in [-0.4, -0.2) is 31.2 Å². The fourth-order valence-electron chi connectivity index (χ4n) is 1.06. The number of rotatable bonds is 6. The quantitative estimate of drug-likeness (QED) is 0.766. The maximum atomic E-state index is 11.4. The van der Waals surface area contributed by atoms with E-state index in [4.69, 9.17) is 9.47 Å². The molecule has 1 N–H and O–H groups in total. The first-order valence-electron chi connectivity index (χ1n) is 5.52. The lowest BCUT2D eigenvalue weighted by Crippen LogP contribution is -2.17. The molecule has 5 heteroatoms. The molecule has 0 bridgehead atoms. The average Bonchev–Trinajstić information content (AvgIpc) is 2.31. The fraction of sp³-hybridized carbons (Fsp3) is 0.500. The summed E-state index contributed by atoms with van der Waals surface area (Å²) in [4.78, 5) is 15.5. The van der Waals surface area contributed by atoms with Crippen LogP contribution in [0.3, 0.4) is 0 Å². The predicted octanol–water partition coefficient (Wildman–Crippen LogP) is 1.70. The van der Waals surface area contributed by atoms with Crippen molar-refractivity contribution in [1.29, 1.82) is 0 Å². The van der Waals surface area contributed by atoms with Gasteiger partial charge < -0.3 is 14.8 Å². The molecule has 1 amide bonds. The third kappa shape index (κ3) is 4.82. The molecular formula is C12H18N2O3. The Balaban J connectivity index is 2.47. The molecule has 1 aromatic heterocycles. The van der Waals surface area contributed by atoms with Crippen LogP contribution in [0, 0.1) is 5.92 Å². The number of carbonyl (C=O) groups excluding carboxylic acids is 1. The summed E-state index contributed by atoms with van der Waals surface area (Å²) in [5.74, 6) is 0.442. The van der Waals surface area contributed by atoms with E-state index in [-0.39, 0.29) is 11.8 Å². The van der Waals surface area contributed by atoms with E-state index in [1.54, 1.807) is 25.4 Å². The smallest absolute Gasteiger partial charge is 0.226 e. The minimum Gasteiger partial charge on any atom is -0.475 e. The standard InChI is InChI=1S/C12H18N2O3/c1-9(2)12(15)14-10-4-5-11(13-8-10)17-7-6-16-3/h4-5,8-9H,6-7H2,1-3H3,(H,14,15). The first-order valence-corrected chi connectivity index (χ1v) is 5.52. The zero-order valence-electron chi connectivity index (χ0n) is 10.4. The van der Waals surface area contributed by atoms with Crippen LogP contribution >= 0.6 is 0 Å². The van der Waals surface area contributed by atoms with Crippen molar-refractivity contribution in [2.24, 2.45) is 5.92 Å². The van der Waals surface area contributed by atoms with Crippen molar-refractivity contribution in [2.75, 3.05) is 25.6 Å². The van der Waals surface area contributed by atoms with E-state index in [2.05, 4.69) is 10.3 Å². The third-order valence-corrected chi connectivity index (χ3v) is 2.07. The summed E-state index contributed by atoms with van der Waals surface area (Å²) in [5.41, 5.74) is 0.669. The van der Waals surface area contributed by atoms with Gasteiger partial charge in [0.05, 0.1) is 18.5 Å². The summed E-state index contributed by atoms with van der Waals surface area (Å²) in [6.07, 6.45) is 1.57. The Morgan fingerprint density at radius 1 is 1.41 bits per heavy atom. The summed E-state index contributed by atoms with van der Waals surface area (Å²) in [5, 5.41) is 2.75. The second kappa shape index (κ2) is 6.85. The zero-order chi connectivity index (χ0) is 12.7. The molecule has 0 atom stereocenters. The van der Waals surface area contributed by atoms with Crippen LogP contribution in [0.5, 0.6) is 5.88 Å². The second-order valence-corrected chi connectivity index (χ2v) is 3.87. The number of hydrogen-bond acceptors (Lipinski definition) is 4. The molecular weight excluding hydrogens is 220 g/mol. The molecule has 0 spiro atoms. The Morgan fingerprint density at radius 2 is 2.18 bits per heavy atom. The minimum atomic E-state index is -0.0485. The number of nitrogens with one attached hydrogen (secondary N) is 1. The van der Waals surface area contributed by atoms with Crippen molar-refractivity contribution in [3.05, 3.63) is 18.3 Å². The highest BCUT2D eigenvalue weighted by Gasteiger charge is 2.07. The molecule has 0 unspecified atom stereocenters. The summed E-state index contributed by atoms with van der Waals surface area (Å²) >= 11 is 0. The van der Waals surface area contributed by atoms with Gasteiger partial charge in [0.1, 0.15) is 6.61 Å². The lowest BCUT2D eigenvalue weighted by atomic mass is 10.2. The number of ether oxygens (including phenoxy) is 2. The lowest BCUT2D eigenvalue weighted by molar-refractivity contribution is -0.118. The van der Waals surface area contributed by atoms with Gasteiger partial charge in [-0.3, -0.25) is 4.79 Å². The van der Waals surface area contributed by atoms with Crippen LogP contribution in [0.4, 0.5) is 5.69 Å². The van der Waals surface area contributed by atoms with E-state index in [1.807, 2.05) is 13.8 Å². The molecule has 1 rings (SSSR count). The molecule has 17 heavy (non-hydrogen) atoms. The summed E-state index contributed by atoms with van der Waals surface area (Å²) < 4.78 is 10.2. The molecule has 0 saturated heterocycles. The molecule has 0 aliphatic rings. The van der Waals surface area contributed by atoms with Gasteiger partial charge in [0.2, 0.25) is 11.8 Å². The highest BCUT2D eigenvalue weighted by Crippen LogP contribution is 2.12. The number of anilines is 1. The Morgan fingerprint density at radius 3 is 2.71 bits per heavy atom. The number of amides is 1. The Kier molecular flexibility index (Phi) is 5.42. The Labute approximate surface area is 101 Å². The van der Waals surface area contributed by atoms with Crippen LogP contribution < -0.4 is 10.1 Å². The summed E-state index contributed by atoms with van der Waals surface area (Å²) in [7, 11) is 1.61. The number of carbonyl (C=O) groups is 1. The third-order valence-electron chi connectivity index (χ3n) is 2.07. The number of aromatic nitrogens is 1.